The summed E-state index contributed by atoms with van der Waals surface area (Å²) in [4.78, 5) is 61.8. The molecule has 4 heterocycles. The zero-order valence-electron chi connectivity index (χ0n) is 85.2. The molecule has 0 spiro atoms. The first-order valence-corrected chi connectivity index (χ1v) is 49.1. The average molecular weight is 2570 g/mol. The van der Waals surface area contributed by atoms with Crippen LogP contribution in [0.15, 0.2) is 217 Å². The number of carbonyl (C=O) groups excluding carboxylic acids is 4. The molecule has 4 N–H and O–H groups in total. The van der Waals surface area contributed by atoms with Gasteiger partial charge in [0.2, 0.25) is 0 Å². The van der Waals surface area contributed by atoms with E-state index in [9.17, 15) is 29.4 Å². The second-order valence-corrected chi connectivity index (χ2v) is 39.2. The number of rotatable bonds is 20. The van der Waals surface area contributed by atoms with Crippen LogP contribution in [-0.2, 0) is 125 Å². The van der Waals surface area contributed by atoms with Crippen LogP contribution in [0.5, 0.6) is 0 Å². The van der Waals surface area contributed by atoms with Crippen LogP contribution in [0.25, 0.3) is 88.6 Å². The number of hydrogen-bond acceptors (Lipinski definition) is 12. The Morgan fingerprint density at radius 2 is 0.514 bits per heavy atom. The van der Waals surface area contributed by atoms with Crippen molar-refractivity contribution in [2.45, 2.75) is 280 Å². The maximum Gasteiger partial charge on any atom is 0.161 e. The number of aliphatic hydroxyl groups is 4. The van der Waals surface area contributed by atoms with Gasteiger partial charge in [0.05, 0.1) is 45.1 Å². The zero-order chi connectivity index (χ0) is 97.2. The maximum absolute atomic E-state index is 11.0. The Kier molecular flexibility index (Phi) is 52.0. The number of ketones is 4. The van der Waals surface area contributed by atoms with Gasteiger partial charge in [0.25, 0.3) is 0 Å². The van der Waals surface area contributed by atoms with Gasteiger partial charge in [-0.3, -0.25) is 39.1 Å². The fourth-order valence-electron chi connectivity index (χ4n) is 18.0. The summed E-state index contributed by atoms with van der Waals surface area (Å²) in [5.74, 6) is 3.64. The van der Waals surface area contributed by atoms with Crippen LogP contribution in [0.3, 0.4) is 0 Å². The summed E-state index contributed by atoms with van der Waals surface area (Å²) in [6.45, 7) is 37.2. The smallest absolute Gasteiger partial charge is 0.161 e. The van der Waals surface area contributed by atoms with Crippen molar-refractivity contribution in [2.24, 2.45) is 47.3 Å². The Morgan fingerprint density at radius 3 is 0.696 bits per heavy atom. The molecule has 4 radical (unpaired) electrons. The molecule has 744 valence electrons. The number of nitrogens with zero attached hydrogens (tertiary/aromatic N) is 4. The largest absolute Gasteiger partial charge is 0.512 e. The summed E-state index contributed by atoms with van der Waals surface area (Å²) in [6, 6.07) is 75.1. The molecule has 4 aliphatic carbocycles. The number of benzene rings is 8. The van der Waals surface area contributed by atoms with Crippen LogP contribution in [0.1, 0.15) is 265 Å². The van der Waals surface area contributed by atoms with Gasteiger partial charge in [0.1, 0.15) is 0 Å². The predicted octanol–water partition coefficient (Wildman–Crippen LogP) is 31.7. The van der Waals surface area contributed by atoms with Gasteiger partial charge in [-0.25, -0.2) is 0 Å². The first-order valence-electron chi connectivity index (χ1n) is 49.1. The van der Waals surface area contributed by atoms with Gasteiger partial charge in [-0.15, -0.1) is 140 Å². The molecule has 16 heteroatoms. The molecular weight excluding hydrogens is 2420 g/mol. The normalized spacial score (nSPS) is 14.1. The Hall–Kier alpha value is -9.16. The number of aromatic nitrogens is 4. The van der Waals surface area contributed by atoms with E-state index in [1.807, 2.05) is 55.4 Å². The molecule has 4 aliphatic rings. The number of carbonyl (C=O) groups is 4. The van der Waals surface area contributed by atoms with Gasteiger partial charge < -0.3 is 20.4 Å². The standard InChI is InChI=1S/C25H28N.C24H26N.C23H24N.C22H22N.2C9H16O2.2C5H8O2.4Ir/c1-18-14-19(2)16-22(15-18)24-13-12-23-21(10-7-11-25(23)26-24)17-20-8-5-3-4-6-9-20;1-17-13-18(2)15-21(14-17)23-12-11-22-20(9-6-10-24(22)25-23)16-19-7-4-3-5-8-19;1-16-12-17(2)14-20(13-16)22-11-10-21-19(8-5-9-23(21)24-22)15-18-6-3-4-7-18;1-15-11-16(2)13-19(12-15)21-10-9-20-18(14-17-5-3-6-17)7-4-8-22(20)23-21;2*1-6(2)8(10)5-9(11)7(3)4;2*1-4(6)3-5(2)7;;;;/h7,10-15,20H,3-6,8-9,17H2,1-2H3;6,9-14,19H,3-5,7-8,16H2,1-2H3;5,8-13,18H,3-4,6-7,15H2,1-2H3;4,7-12,17H,3,5-6,14H2,1-2H3;2*5-7,10H,1-4H3;2*3,6H,1-2H3;;;;/q4*-1;;;;;;;;. The average Bonchev–Trinajstić information content (AvgIpc) is 0.893. The van der Waals surface area contributed by atoms with Crippen molar-refractivity contribution in [1.82, 2.24) is 19.9 Å². The predicted molar refractivity (Wildman–Crippen MR) is 559 cm³/mol. The second kappa shape index (κ2) is 60.2. The van der Waals surface area contributed by atoms with Crippen molar-refractivity contribution in [1.29, 1.82) is 0 Å². The van der Waals surface area contributed by atoms with Crippen molar-refractivity contribution >= 4 is 66.7 Å². The van der Waals surface area contributed by atoms with E-state index in [0.29, 0.717) is 0 Å². The van der Waals surface area contributed by atoms with Crippen LogP contribution >= 0.6 is 0 Å². The summed E-state index contributed by atoms with van der Waals surface area (Å²) >= 11 is 0. The molecule has 8 aromatic carbocycles. The minimum Gasteiger partial charge on any atom is -0.512 e. The van der Waals surface area contributed by atoms with Gasteiger partial charge >= 0.3 is 0 Å². The van der Waals surface area contributed by atoms with Crippen molar-refractivity contribution < 1.29 is 120 Å². The third kappa shape index (κ3) is 39.7. The van der Waals surface area contributed by atoms with Crippen LogP contribution in [-0.4, -0.2) is 63.5 Å². The van der Waals surface area contributed by atoms with E-state index < -0.39 is 0 Å². The number of aryl methyl sites for hydroxylation is 8. The van der Waals surface area contributed by atoms with Crippen LogP contribution < -0.4 is 0 Å². The van der Waals surface area contributed by atoms with E-state index in [1.54, 1.807) is 0 Å². The number of allylic oxidation sites excluding steroid dienone is 8. The molecule has 138 heavy (non-hydrogen) atoms. The van der Waals surface area contributed by atoms with Crippen molar-refractivity contribution in [2.75, 3.05) is 0 Å². The van der Waals surface area contributed by atoms with E-state index in [2.05, 4.69) is 250 Å². The molecule has 4 saturated carbocycles. The quantitative estimate of drug-likeness (QED) is 0.0244. The Morgan fingerprint density at radius 1 is 0.297 bits per heavy atom. The molecule has 0 amide bonds. The van der Waals surface area contributed by atoms with Crippen molar-refractivity contribution in [3.05, 3.63) is 308 Å². The van der Waals surface area contributed by atoms with Gasteiger partial charge in [0.15, 0.2) is 23.1 Å². The summed E-state index contributed by atoms with van der Waals surface area (Å²) in [7, 11) is 0. The van der Waals surface area contributed by atoms with Crippen LogP contribution in [0.2, 0.25) is 0 Å². The van der Waals surface area contributed by atoms with Crippen molar-refractivity contribution in [3.8, 4) is 45.0 Å². The topological polar surface area (TPSA) is 201 Å². The summed E-state index contributed by atoms with van der Waals surface area (Å²) in [5, 5.41) is 40.4. The number of hydrogen-bond donors (Lipinski definition) is 4. The first-order chi connectivity index (χ1) is 63.9. The Balaban J connectivity index is 0.000000288. The molecule has 12 nitrogen and oxygen atoms in total. The molecule has 0 bridgehead atoms. The van der Waals surface area contributed by atoms with E-state index in [0.717, 1.165) is 90.8 Å². The third-order valence-electron chi connectivity index (χ3n) is 25.1. The zero-order valence-corrected chi connectivity index (χ0v) is 94.8. The summed E-state index contributed by atoms with van der Waals surface area (Å²) < 4.78 is 0. The number of fused-ring (bicyclic) bond motifs is 4. The molecular formula is C122H148Ir4N4O8-4. The monoisotopic (exact) mass is 2570 g/mol. The summed E-state index contributed by atoms with van der Waals surface area (Å²) in [6.07, 6.45) is 35.0. The van der Waals surface area contributed by atoms with E-state index in [1.165, 1.54) is 282 Å². The van der Waals surface area contributed by atoms with Crippen LogP contribution in [0, 0.1) is 127 Å². The Labute approximate surface area is 879 Å². The minimum atomic E-state index is -0.125. The van der Waals surface area contributed by atoms with Crippen molar-refractivity contribution in [3.63, 3.8) is 0 Å². The number of aliphatic hydroxyl groups excluding tert-OH is 4. The maximum atomic E-state index is 11.0. The molecule has 0 saturated heterocycles. The number of pyridine rings is 4. The van der Waals surface area contributed by atoms with Gasteiger partial charge in [-0.1, -0.05) is 323 Å². The fourth-order valence-corrected chi connectivity index (χ4v) is 18.0. The van der Waals surface area contributed by atoms with E-state index in [4.69, 9.17) is 30.1 Å². The molecule has 0 atom stereocenters. The van der Waals surface area contributed by atoms with Gasteiger partial charge in [-0.2, -0.15) is 0 Å². The molecule has 0 aliphatic heterocycles. The third-order valence-corrected chi connectivity index (χ3v) is 25.1. The molecule has 16 rings (SSSR count). The molecule has 12 aromatic rings. The second-order valence-electron chi connectivity index (χ2n) is 39.2. The molecule has 4 aromatic heterocycles. The fraction of sp³-hybridized carbons (Fsp3) is 0.410. The molecule has 4 fully saturated rings. The van der Waals surface area contributed by atoms with E-state index >= 15 is 0 Å². The SMILES string of the molecule is CC(=O)C=C(C)O.CC(=O)C=C(C)O.CC(C)C(=O)C=C(O)C(C)C.CC(C)C(=O)C=C(O)C(C)C.Cc1[c-]c(-c2ccc3c(CC4CCC4)cccc3n2)cc(C)c1.Cc1[c-]c(-c2ccc3c(CC4CCCC4)cccc3n2)cc(C)c1.Cc1[c-]c(-c2ccc3c(CC4CCCCC4)cccc3n2)cc(C)c1.Cc1[c-]c(-c2ccc3c(CC4CCCCCC4)cccc3n2)cc(C)c1.[Ir].[Ir].[Ir].[Ir]. The van der Waals surface area contributed by atoms with Gasteiger partial charge in [0, 0.05) is 150 Å². The summed E-state index contributed by atoms with van der Waals surface area (Å²) in [5.41, 5.74) is 28.5. The first kappa shape index (κ1) is 119. The van der Waals surface area contributed by atoms with E-state index in [-0.39, 0.29) is 150 Å². The Bertz CT molecular complexity index is 5920. The molecule has 0 unspecified atom stereocenters. The van der Waals surface area contributed by atoms with Crippen LogP contribution in [0.4, 0.5) is 0 Å². The van der Waals surface area contributed by atoms with Gasteiger partial charge in [-0.05, 0) is 146 Å². The minimum absolute atomic E-state index is 0.